The highest BCUT2D eigenvalue weighted by Gasteiger charge is 2.12. The van der Waals surface area contributed by atoms with Crippen LogP contribution < -0.4 is 15.4 Å². The first-order valence-electron chi connectivity index (χ1n) is 6.81. The molecule has 2 amide bonds. The number of halogens is 2. The standard InChI is InChI=1S/C16H16F2N2O3/c1-23-12-5-3-11(4-6-12)20-16(22)19-9-15(21)10-2-7-13(17)14(18)8-10/h2-8,15,21H,9H2,1H3,(H2,19,20,22)/t15-/m1/s1. The summed E-state index contributed by atoms with van der Waals surface area (Å²) in [6, 6.07) is 9.23. The molecule has 0 bridgehead atoms. The number of hydrogen-bond donors (Lipinski definition) is 3. The fourth-order valence-corrected chi connectivity index (χ4v) is 1.88. The summed E-state index contributed by atoms with van der Waals surface area (Å²) in [7, 11) is 1.54. The first kappa shape index (κ1) is 16.7. The average molecular weight is 322 g/mol. The van der Waals surface area contributed by atoms with Crippen molar-refractivity contribution < 1.29 is 23.4 Å². The van der Waals surface area contributed by atoms with Crippen molar-refractivity contribution in [2.45, 2.75) is 6.10 Å². The highest BCUT2D eigenvalue weighted by atomic mass is 19.2. The van der Waals surface area contributed by atoms with E-state index >= 15 is 0 Å². The van der Waals surface area contributed by atoms with Crippen LogP contribution in [-0.2, 0) is 0 Å². The molecular formula is C16H16F2N2O3. The predicted molar refractivity (Wildman–Crippen MR) is 81.3 cm³/mol. The number of urea groups is 1. The Hall–Kier alpha value is -2.67. The van der Waals surface area contributed by atoms with E-state index in [2.05, 4.69) is 10.6 Å². The summed E-state index contributed by atoms with van der Waals surface area (Å²) >= 11 is 0. The Labute approximate surface area is 131 Å². The first-order chi connectivity index (χ1) is 11.0. The van der Waals surface area contributed by atoms with Crippen molar-refractivity contribution in [1.82, 2.24) is 5.32 Å². The van der Waals surface area contributed by atoms with Crippen LogP contribution in [0.4, 0.5) is 19.3 Å². The van der Waals surface area contributed by atoms with Gasteiger partial charge in [-0.2, -0.15) is 0 Å². The van der Waals surface area contributed by atoms with Gasteiger partial charge in [0.1, 0.15) is 5.75 Å². The summed E-state index contributed by atoms with van der Waals surface area (Å²) in [6.07, 6.45) is -1.15. The number of ether oxygens (including phenoxy) is 1. The molecule has 23 heavy (non-hydrogen) atoms. The molecule has 7 heteroatoms. The summed E-state index contributed by atoms with van der Waals surface area (Å²) in [6.45, 7) is -0.146. The van der Waals surface area contributed by atoms with E-state index in [0.717, 1.165) is 12.1 Å². The number of carbonyl (C=O) groups is 1. The molecule has 0 heterocycles. The Bertz CT molecular complexity index is 678. The molecule has 2 rings (SSSR count). The number of aliphatic hydroxyl groups is 1. The molecule has 0 unspecified atom stereocenters. The fraction of sp³-hybridized carbons (Fsp3) is 0.188. The van der Waals surface area contributed by atoms with Crippen LogP contribution in [-0.4, -0.2) is 24.8 Å². The Kier molecular flexibility index (Phi) is 5.48. The summed E-state index contributed by atoms with van der Waals surface area (Å²) in [5.74, 6) is -1.39. The minimum absolute atomic E-state index is 0.146. The number of hydrogen-bond acceptors (Lipinski definition) is 3. The number of anilines is 1. The molecule has 0 aromatic heterocycles. The van der Waals surface area contributed by atoms with Crippen LogP contribution in [0.25, 0.3) is 0 Å². The Morgan fingerprint density at radius 1 is 1.17 bits per heavy atom. The van der Waals surface area contributed by atoms with Crippen LogP contribution in [0.3, 0.4) is 0 Å². The maximum atomic E-state index is 13.1. The number of carbonyl (C=O) groups excluding carboxylic acids is 1. The highest BCUT2D eigenvalue weighted by Crippen LogP contribution is 2.16. The van der Waals surface area contributed by atoms with E-state index in [1.54, 1.807) is 24.3 Å². The zero-order valence-electron chi connectivity index (χ0n) is 12.3. The third-order valence-electron chi connectivity index (χ3n) is 3.13. The summed E-state index contributed by atoms with van der Waals surface area (Å²) in [5.41, 5.74) is 0.722. The first-order valence-corrected chi connectivity index (χ1v) is 6.81. The normalized spacial score (nSPS) is 11.7. The van der Waals surface area contributed by atoms with Crippen LogP contribution >= 0.6 is 0 Å². The lowest BCUT2D eigenvalue weighted by Gasteiger charge is -2.13. The van der Waals surface area contributed by atoms with E-state index in [-0.39, 0.29) is 12.1 Å². The second kappa shape index (κ2) is 7.55. The van der Waals surface area contributed by atoms with Crippen LogP contribution in [0.1, 0.15) is 11.7 Å². The van der Waals surface area contributed by atoms with E-state index in [4.69, 9.17) is 4.74 Å². The zero-order chi connectivity index (χ0) is 16.8. The van der Waals surface area contributed by atoms with E-state index in [0.29, 0.717) is 11.4 Å². The zero-order valence-corrected chi connectivity index (χ0v) is 12.3. The van der Waals surface area contributed by atoms with Gasteiger partial charge in [0, 0.05) is 12.2 Å². The van der Waals surface area contributed by atoms with Gasteiger partial charge < -0.3 is 20.5 Å². The molecule has 0 aliphatic rings. The molecule has 2 aromatic carbocycles. The lowest BCUT2D eigenvalue weighted by Crippen LogP contribution is -2.32. The highest BCUT2D eigenvalue weighted by molar-refractivity contribution is 5.89. The van der Waals surface area contributed by atoms with Crippen LogP contribution in [0.15, 0.2) is 42.5 Å². The van der Waals surface area contributed by atoms with Crippen molar-refractivity contribution in [1.29, 1.82) is 0 Å². The van der Waals surface area contributed by atoms with Gasteiger partial charge in [-0.25, -0.2) is 13.6 Å². The molecule has 0 aliphatic heterocycles. The number of nitrogens with one attached hydrogen (secondary N) is 2. The lowest BCUT2D eigenvalue weighted by molar-refractivity contribution is 0.174. The lowest BCUT2D eigenvalue weighted by atomic mass is 10.1. The topological polar surface area (TPSA) is 70.6 Å². The summed E-state index contributed by atoms with van der Waals surface area (Å²) < 4.78 is 30.9. The molecule has 122 valence electrons. The van der Waals surface area contributed by atoms with Crippen molar-refractivity contribution in [3.63, 3.8) is 0 Å². The maximum Gasteiger partial charge on any atom is 0.319 e. The van der Waals surface area contributed by atoms with E-state index in [1.807, 2.05) is 0 Å². The summed E-state index contributed by atoms with van der Waals surface area (Å²) in [5, 5.41) is 14.9. The molecule has 0 saturated carbocycles. The Morgan fingerprint density at radius 2 is 1.87 bits per heavy atom. The quantitative estimate of drug-likeness (QED) is 0.793. The number of rotatable bonds is 5. The van der Waals surface area contributed by atoms with Gasteiger partial charge in [-0.15, -0.1) is 0 Å². The molecule has 3 N–H and O–H groups in total. The number of benzene rings is 2. The minimum atomic E-state index is -1.15. The SMILES string of the molecule is COc1ccc(NC(=O)NC[C@@H](O)c2ccc(F)c(F)c2)cc1. The van der Waals surface area contributed by atoms with Gasteiger partial charge in [-0.05, 0) is 42.0 Å². The monoisotopic (exact) mass is 322 g/mol. The van der Waals surface area contributed by atoms with E-state index in [1.165, 1.54) is 13.2 Å². The molecule has 5 nitrogen and oxygen atoms in total. The van der Waals surface area contributed by atoms with Gasteiger partial charge in [-0.3, -0.25) is 0 Å². The molecule has 0 saturated heterocycles. The van der Waals surface area contributed by atoms with Gasteiger partial charge in [0.05, 0.1) is 13.2 Å². The molecule has 0 aliphatic carbocycles. The van der Waals surface area contributed by atoms with Crippen LogP contribution in [0.2, 0.25) is 0 Å². The van der Waals surface area contributed by atoms with Crippen molar-refractivity contribution in [3.8, 4) is 5.75 Å². The molecule has 0 fully saturated rings. The molecular weight excluding hydrogens is 306 g/mol. The van der Waals surface area contributed by atoms with Gasteiger partial charge in [-0.1, -0.05) is 6.07 Å². The van der Waals surface area contributed by atoms with Crippen molar-refractivity contribution in [2.24, 2.45) is 0 Å². The third-order valence-corrected chi connectivity index (χ3v) is 3.13. The second-order valence-electron chi connectivity index (χ2n) is 4.75. The van der Waals surface area contributed by atoms with Crippen LogP contribution in [0.5, 0.6) is 5.75 Å². The van der Waals surface area contributed by atoms with Gasteiger partial charge >= 0.3 is 6.03 Å². The fourth-order valence-electron chi connectivity index (χ4n) is 1.88. The number of aliphatic hydroxyl groups excluding tert-OH is 1. The van der Waals surface area contributed by atoms with Gasteiger partial charge in [0.25, 0.3) is 0 Å². The van der Waals surface area contributed by atoms with Crippen molar-refractivity contribution in [3.05, 3.63) is 59.7 Å². The molecule has 0 spiro atoms. The van der Waals surface area contributed by atoms with E-state index in [9.17, 15) is 18.7 Å². The van der Waals surface area contributed by atoms with Crippen LogP contribution in [0, 0.1) is 11.6 Å². The Morgan fingerprint density at radius 3 is 2.48 bits per heavy atom. The molecule has 1 atom stereocenters. The minimum Gasteiger partial charge on any atom is -0.497 e. The second-order valence-corrected chi connectivity index (χ2v) is 4.75. The van der Waals surface area contributed by atoms with E-state index < -0.39 is 23.8 Å². The van der Waals surface area contributed by atoms with Gasteiger partial charge in [0.15, 0.2) is 11.6 Å². The summed E-state index contributed by atoms with van der Waals surface area (Å²) in [4.78, 5) is 11.7. The average Bonchev–Trinajstić information content (AvgIpc) is 2.56. The van der Waals surface area contributed by atoms with Crippen molar-refractivity contribution >= 4 is 11.7 Å². The van der Waals surface area contributed by atoms with Crippen molar-refractivity contribution in [2.75, 3.05) is 19.0 Å². The number of methoxy groups -OCH3 is 1. The maximum absolute atomic E-state index is 13.1. The Balaban J connectivity index is 1.86. The number of amides is 2. The van der Waals surface area contributed by atoms with Gasteiger partial charge in [0.2, 0.25) is 0 Å². The molecule has 0 radical (unpaired) electrons. The largest absolute Gasteiger partial charge is 0.497 e. The smallest absolute Gasteiger partial charge is 0.319 e. The predicted octanol–water partition coefficient (Wildman–Crippen LogP) is 2.83. The molecule has 2 aromatic rings. The third kappa shape index (κ3) is 4.65.